The summed E-state index contributed by atoms with van der Waals surface area (Å²) in [5, 5.41) is 8.47. The van der Waals surface area contributed by atoms with Gasteiger partial charge >= 0.3 is 5.97 Å². The zero-order valence-electron chi connectivity index (χ0n) is 12.8. The van der Waals surface area contributed by atoms with Crippen molar-refractivity contribution in [1.82, 2.24) is 4.90 Å². The van der Waals surface area contributed by atoms with Crippen LogP contribution in [0.1, 0.15) is 60.3 Å². The van der Waals surface area contributed by atoms with Crippen LogP contribution >= 0.6 is 0 Å². The fourth-order valence-corrected chi connectivity index (χ4v) is 1.47. The molecule has 0 fully saturated rings. The third-order valence-corrected chi connectivity index (χ3v) is 2.94. The van der Waals surface area contributed by atoms with Crippen LogP contribution in [-0.4, -0.2) is 35.6 Å². The van der Waals surface area contributed by atoms with Crippen molar-refractivity contribution in [2.75, 3.05) is 19.6 Å². The Labute approximate surface area is 113 Å². The number of carbonyl (C=O) groups is 1. The molecule has 0 aliphatic heterocycles. The summed E-state index contributed by atoms with van der Waals surface area (Å²) in [6, 6.07) is 0. The highest BCUT2D eigenvalue weighted by Gasteiger charge is 1.96. The number of hydrogen-bond donors (Lipinski definition) is 1. The number of nitrogens with zero attached hydrogens (tertiary/aromatic N) is 1. The van der Waals surface area contributed by atoms with E-state index < -0.39 is 5.97 Å². The van der Waals surface area contributed by atoms with Crippen LogP contribution in [0.25, 0.3) is 0 Å². The van der Waals surface area contributed by atoms with Gasteiger partial charge in [0.2, 0.25) is 0 Å². The zero-order chi connectivity index (χ0) is 14.4. The molecule has 18 heavy (non-hydrogen) atoms. The molecular formula is C15H31NO2. The summed E-state index contributed by atoms with van der Waals surface area (Å²) in [5.41, 5.74) is 0.459. The van der Waals surface area contributed by atoms with E-state index in [9.17, 15) is 4.79 Å². The Bertz CT molecular complexity index is 215. The molecule has 0 rings (SSSR count). The molecule has 0 aliphatic carbocycles. The van der Waals surface area contributed by atoms with E-state index in [-0.39, 0.29) is 0 Å². The first-order valence-corrected chi connectivity index (χ1v) is 7.15. The number of carboxylic acids is 1. The second-order valence-corrected chi connectivity index (χ2v) is 4.31. The van der Waals surface area contributed by atoms with Crippen LogP contribution < -0.4 is 0 Å². The molecule has 0 aromatic heterocycles. The number of hydrogen-bond acceptors (Lipinski definition) is 2. The second-order valence-electron chi connectivity index (χ2n) is 4.31. The molecule has 0 aliphatic rings. The minimum atomic E-state index is -0.804. The number of unbranched alkanes of at least 4 members (excludes halogenated alkanes) is 3. The van der Waals surface area contributed by atoms with Crippen molar-refractivity contribution in [2.24, 2.45) is 0 Å². The molecule has 0 atom stereocenters. The molecule has 0 saturated heterocycles. The van der Waals surface area contributed by atoms with Crippen LogP contribution in [-0.2, 0) is 4.79 Å². The maximum absolute atomic E-state index is 10.3. The van der Waals surface area contributed by atoms with E-state index in [0.717, 1.165) is 12.8 Å². The Hall–Kier alpha value is -0.830. The second kappa shape index (κ2) is 14.2. The fourth-order valence-electron chi connectivity index (χ4n) is 1.47. The van der Waals surface area contributed by atoms with Crippen molar-refractivity contribution >= 4 is 5.97 Å². The Morgan fingerprint density at radius 1 is 1.06 bits per heavy atom. The summed E-state index contributed by atoms with van der Waals surface area (Å²) < 4.78 is 0. The molecule has 3 nitrogen and oxygen atoms in total. The van der Waals surface area contributed by atoms with Gasteiger partial charge in [-0.05, 0) is 39.4 Å². The van der Waals surface area contributed by atoms with Crippen molar-refractivity contribution in [2.45, 2.75) is 60.3 Å². The molecule has 0 saturated carbocycles. The minimum Gasteiger partial charge on any atom is -0.478 e. The Kier molecular flexibility index (Phi) is 15.4. The van der Waals surface area contributed by atoms with Gasteiger partial charge in [0.05, 0.1) is 0 Å². The summed E-state index contributed by atoms with van der Waals surface area (Å²) in [7, 11) is 0. The molecular weight excluding hydrogens is 226 g/mol. The van der Waals surface area contributed by atoms with Crippen molar-refractivity contribution in [1.29, 1.82) is 0 Å². The fraction of sp³-hybridized carbons (Fsp3) is 0.800. The molecule has 0 radical (unpaired) electrons. The third kappa shape index (κ3) is 13.2. The number of allylic oxidation sites excluding steroid dienone is 1. The number of rotatable bonds is 8. The van der Waals surface area contributed by atoms with E-state index in [1.165, 1.54) is 32.5 Å². The predicted octanol–water partition coefficient (Wildman–Crippen LogP) is 3.95. The number of aliphatic carboxylic acids is 1. The van der Waals surface area contributed by atoms with Gasteiger partial charge in [0.1, 0.15) is 0 Å². The highest BCUT2D eigenvalue weighted by atomic mass is 16.4. The minimum absolute atomic E-state index is 0.459. The standard InChI is InChI=1S/C9H16O2.C6H15N/c1-3-4-5-6-7-8(2)9(10)11;1-4-7(5-2)6-3/h7H,3-6H2,1-2H3,(H,10,11);4-6H2,1-3H3/b8-7-;. The van der Waals surface area contributed by atoms with E-state index in [4.69, 9.17) is 5.11 Å². The number of carboxylic acid groups (broad SMARTS) is 1. The zero-order valence-corrected chi connectivity index (χ0v) is 12.8. The smallest absolute Gasteiger partial charge is 0.330 e. The monoisotopic (exact) mass is 257 g/mol. The Morgan fingerprint density at radius 3 is 1.83 bits per heavy atom. The largest absolute Gasteiger partial charge is 0.478 e. The van der Waals surface area contributed by atoms with Crippen LogP contribution in [0.15, 0.2) is 11.6 Å². The Balaban J connectivity index is 0. The summed E-state index contributed by atoms with van der Waals surface area (Å²) in [4.78, 5) is 12.7. The molecule has 1 N–H and O–H groups in total. The molecule has 0 aromatic rings. The van der Waals surface area contributed by atoms with Gasteiger partial charge < -0.3 is 10.0 Å². The summed E-state index contributed by atoms with van der Waals surface area (Å²) in [5.74, 6) is -0.804. The first-order chi connectivity index (χ1) is 8.53. The van der Waals surface area contributed by atoms with Crippen LogP contribution in [0.2, 0.25) is 0 Å². The maximum Gasteiger partial charge on any atom is 0.330 e. The molecule has 108 valence electrons. The van der Waals surface area contributed by atoms with E-state index in [1.807, 2.05) is 0 Å². The van der Waals surface area contributed by atoms with Gasteiger partial charge in [0.25, 0.3) is 0 Å². The summed E-state index contributed by atoms with van der Waals surface area (Å²) in [6.07, 6.45) is 6.15. The lowest BCUT2D eigenvalue weighted by atomic mass is 10.1. The summed E-state index contributed by atoms with van der Waals surface area (Å²) in [6.45, 7) is 13.9. The summed E-state index contributed by atoms with van der Waals surface area (Å²) >= 11 is 0. The first kappa shape index (κ1) is 19.5. The van der Waals surface area contributed by atoms with Crippen LogP contribution in [0.4, 0.5) is 0 Å². The quantitative estimate of drug-likeness (QED) is 0.529. The van der Waals surface area contributed by atoms with Crippen molar-refractivity contribution < 1.29 is 9.90 Å². The van der Waals surface area contributed by atoms with E-state index in [2.05, 4.69) is 32.6 Å². The van der Waals surface area contributed by atoms with Gasteiger partial charge in [-0.15, -0.1) is 0 Å². The van der Waals surface area contributed by atoms with Gasteiger partial charge in [-0.2, -0.15) is 0 Å². The van der Waals surface area contributed by atoms with Gasteiger partial charge in [0, 0.05) is 5.57 Å². The van der Waals surface area contributed by atoms with Gasteiger partial charge in [-0.1, -0.05) is 46.6 Å². The molecule has 0 aromatic carbocycles. The van der Waals surface area contributed by atoms with Crippen LogP contribution in [0.3, 0.4) is 0 Å². The average Bonchev–Trinajstić information content (AvgIpc) is 2.37. The van der Waals surface area contributed by atoms with Crippen molar-refractivity contribution in [3.8, 4) is 0 Å². The lowest BCUT2D eigenvalue weighted by molar-refractivity contribution is -0.132. The topological polar surface area (TPSA) is 40.5 Å². The van der Waals surface area contributed by atoms with Crippen molar-refractivity contribution in [3.63, 3.8) is 0 Å². The molecule has 0 bridgehead atoms. The SMILES string of the molecule is CCCCC/C=C(/C)C(=O)O.CCN(CC)CC. The van der Waals surface area contributed by atoms with E-state index >= 15 is 0 Å². The van der Waals surface area contributed by atoms with Gasteiger partial charge in [-0.25, -0.2) is 4.79 Å². The van der Waals surface area contributed by atoms with E-state index in [0.29, 0.717) is 5.57 Å². The molecule has 0 unspecified atom stereocenters. The Morgan fingerprint density at radius 2 is 1.56 bits per heavy atom. The third-order valence-electron chi connectivity index (χ3n) is 2.94. The molecule has 0 amide bonds. The predicted molar refractivity (Wildman–Crippen MR) is 79.0 cm³/mol. The van der Waals surface area contributed by atoms with Crippen molar-refractivity contribution in [3.05, 3.63) is 11.6 Å². The normalized spacial score (nSPS) is 11.1. The van der Waals surface area contributed by atoms with Gasteiger partial charge in [-0.3, -0.25) is 0 Å². The maximum atomic E-state index is 10.3. The molecule has 3 heteroatoms. The van der Waals surface area contributed by atoms with Crippen LogP contribution in [0.5, 0.6) is 0 Å². The highest BCUT2D eigenvalue weighted by Crippen LogP contribution is 2.02. The molecule has 0 heterocycles. The molecule has 0 spiro atoms. The lowest BCUT2D eigenvalue weighted by Gasteiger charge is -2.13. The lowest BCUT2D eigenvalue weighted by Crippen LogP contribution is -2.21. The average molecular weight is 257 g/mol. The van der Waals surface area contributed by atoms with Gasteiger partial charge in [0.15, 0.2) is 0 Å². The van der Waals surface area contributed by atoms with E-state index in [1.54, 1.807) is 13.0 Å². The highest BCUT2D eigenvalue weighted by molar-refractivity contribution is 5.85. The first-order valence-electron chi connectivity index (χ1n) is 7.15. The van der Waals surface area contributed by atoms with Crippen LogP contribution in [0, 0.1) is 0 Å².